The van der Waals surface area contributed by atoms with Crippen LogP contribution in [0.1, 0.15) is 10.6 Å². The van der Waals surface area contributed by atoms with Gasteiger partial charge in [0, 0.05) is 6.20 Å². The fourth-order valence-corrected chi connectivity index (χ4v) is 2.24. The van der Waals surface area contributed by atoms with Crippen LogP contribution in [-0.4, -0.2) is 26.3 Å². The van der Waals surface area contributed by atoms with Crippen molar-refractivity contribution in [3.05, 3.63) is 63.7 Å². The van der Waals surface area contributed by atoms with Gasteiger partial charge in [0.25, 0.3) is 5.56 Å². The first-order valence-corrected chi connectivity index (χ1v) is 6.28. The molecule has 3 aromatic rings. The van der Waals surface area contributed by atoms with Crippen molar-refractivity contribution in [2.45, 2.75) is 0 Å². The summed E-state index contributed by atoms with van der Waals surface area (Å²) in [5.74, 6) is -0.696. The Morgan fingerprint density at radius 3 is 2.73 bits per heavy atom. The standard InChI is InChI=1S/C14H7ClFN3O2.H2O/c15-13-11(2-1-5-17-13)19-12(7-20)18-10-4-3-8(16)6-9(10)14(19)21;/h1-7H;1H2. The Labute approximate surface area is 128 Å². The predicted octanol–water partition coefficient (Wildman–Crippen LogP) is 1.56. The number of rotatable bonds is 2. The van der Waals surface area contributed by atoms with Gasteiger partial charge in [-0.2, -0.15) is 0 Å². The SMILES string of the molecule is O.O=Cc1nc2ccc(F)cc2c(=O)n1-c1cccnc1Cl. The van der Waals surface area contributed by atoms with Crippen molar-refractivity contribution in [3.8, 4) is 5.69 Å². The zero-order chi connectivity index (χ0) is 15.0. The zero-order valence-electron chi connectivity index (χ0n) is 11.0. The predicted molar refractivity (Wildman–Crippen MR) is 79.1 cm³/mol. The fraction of sp³-hybridized carbons (Fsp3) is 0. The number of hydrogen-bond donors (Lipinski definition) is 0. The number of carbonyl (C=O) groups is 1. The lowest BCUT2D eigenvalue weighted by Crippen LogP contribution is -2.24. The van der Waals surface area contributed by atoms with Crippen molar-refractivity contribution in [3.63, 3.8) is 0 Å². The zero-order valence-corrected chi connectivity index (χ0v) is 11.7. The number of aldehydes is 1. The van der Waals surface area contributed by atoms with Crippen LogP contribution in [0.25, 0.3) is 16.6 Å². The highest BCUT2D eigenvalue weighted by atomic mass is 35.5. The second-order valence-electron chi connectivity index (χ2n) is 4.20. The van der Waals surface area contributed by atoms with Gasteiger partial charge in [-0.15, -0.1) is 0 Å². The summed E-state index contributed by atoms with van der Waals surface area (Å²) in [6.45, 7) is 0. The Kier molecular flexibility index (Phi) is 4.30. The van der Waals surface area contributed by atoms with E-state index in [2.05, 4.69) is 9.97 Å². The van der Waals surface area contributed by atoms with E-state index in [0.29, 0.717) is 6.29 Å². The molecule has 0 aliphatic heterocycles. The van der Waals surface area contributed by atoms with E-state index in [4.69, 9.17) is 11.6 Å². The topological polar surface area (TPSA) is 96.4 Å². The van der Waals surface area contributed by atoms with Crippen LogP contribution in [0.3, 0.4) is 0 Å². The van der Waals surface area contributed by atoms with E-state index in [1.165, 1.54) is 24.4 Å². The van der Waals surface area contributed by atoms with E-state index in [1.54, 1.807) is 6.07 Å². The van der Waals surface area contributed by atoms with Crippen molar-refractivity contribution >= 4 is 28.8 Å². The highest BCUT2D eigenvalue weighted by Crippen LogP contribution is 2.18. The lowest BCUT2D eigenvalue weighted by molar-refractivity contribution is 0.111. The van der Waals surface area contributed by atoms with Crippen LogP contribution in [-0.2, 0) is 0 Å². The molecule has 0 saturated carbocycles. The summed E-state index contributed by atoms with van der Waals surface area (Å²) >= 11 is 5.95. The van der Waals surface area contributed by atoms with Gasteiger partial charge in [0.15, 0.2) is 17.3 Å². The van der Waals surface area contributed by atoms with Gasteiger partial charge in [-0.25, -0.2) is 14.4 Å². The molecule has 6 nitrogen and oxygen atoms in total. The van der Waals surface area contributed by atoms with E-state index in [1.807, 2.05) is 0 Å². The van der Waals surface area contributed by atoms with Gasteiger partial charge in [-0.05, 0) is 30.3 Å². The molecule has 0 aliphatic rings. The third kappa shape index (κ3) is 2.47. The first-order chi connectivity index (χ1) is 10.1. The van der Waals surface area contributed by atoms with Crippen molar-refractivity contribution in [2.24, 2.45) is 0 Å². The number of hydrogen-bond acceptors (Lipinski definition) is 4. The molecule has 3 rings (SSSR count). The molecular formula is C14H9ClFN3O3. The number of nitrogens with zero attached hydrogens (tertiary/aromatic N) is 3. The molecule has 112 valence electrons. The molecule has 2 heterocycles. The molecule has 0 spiro atoms. The summed E-state index contributed by atoms with van der Waals surface area (Å²) in [5.41, 5.74) is -0.138. The summed E-state index contributed by atoms with van der Waals surface area (Å²) in [6.07, 6.45) is 1.89. The van der Waals surface area contributed by atoms with Crippen molar-refractivity contribution in [1.82, 2.24) is 14.5 Å². The van der Waals surface area contributed by atoms with Crippen molar-refractivity contribution in [1.29, 1.82) is 0 Å². The molecule has 2 N–H and O–H groups in total. The Balaban J connectivity index is 0.00000176. The van der Waals surface area contributed by atoms with E-state index in [9.17, 15) is 14.0 Å². The summed E-state index contributed by atoms with van der Waals surface area (Å²) < 4.78 is 14.3. The van der Waals surface area contributed by atoms with Gasteiger partial charge in [-0.3, -0.25) is 14.2 Å². The molecule has 0 aliphatic carbocycles. The lowest BCUT2D eigenvalue weighted by atomic mass is 10.2. The second-order valence-corrected chi connectivity index (χ2v) is 4.56. The molecule has 0 radical (unpaired) electrons. The van der Waals surface area contributed by atoms with Crippen LogP contribution in [0, 0.1) is 5.82 Å². The van der Waals surface area contributed by atoms with E-state index < -0.39 is 11.4 Å². The van der Waals surface area contributed by atoms with Crippen molar-refractivity contribution in [2.75, 3.05) is 0 Å². The smallest absolute Gasteiger partial charge is 0.266 e. The number of pyridine rings is 1. The third-order valence-corrected chi connectivity index (χ3v) is 3.23. The minimum atomic E-state index is -0.587. The van der Waals surface area contributed by atoms with Crippen LogP contribution < -0.4 is 5.56 Å². The van der Waals surface area contributed by atoms with E-state index in [0.717, 1.165) is 10.6 Å². The third-order valence-electron chi connectivity index (χ3n) is 2.94. The molecule has 2 aromatic heterocycles. The Morgan fingerprint density at radius 1 is 1.27 bits per heavy atom. The van der Waals surface area contributed by atoms with E-state index in [-0.39, 0.29) is 33.0 Å². The quantitative estimate of drug-likeness (QED) is 0.528. The largest absolute Gasteiger partial charge is 0.412 e. The highest BCUT2D eigenvalue weighted by molar-refractivity contribution is 6.31. The molecule has 0 fully saturated rings. The fourth-order valence-electron chi connectivity index (χ4n) is 2.03. The monoisotopic (exact) mass is 321 g/mol. The number of carbonyl (C=O) groups excluding carboxylic acids is 1. The maximum atomic E-state index is 13.3. The van der Waals surface area contributed by atoms with Gasteiger partial charge in [-0.1, -0.05) is 11.6 Å². The second kappa shape index (κ2) is 6.00. The van der Waals surface area contributed by atoms with Crippen LogP contribution in [0.2, 0.25) is 5.15 Å². The Morgan fingerprint density at radius 2 is 2.05 bits per heavy atom. The van der Waals surface area contributed by atoms with Gasteiger partial charge in [0.1, 0.15) is 5.82 Å². The van der Waals surface area contributed by atoms with Gasteiger partial charge < -0.3 is 5.48 Å². The Bertz CT molecular complexity index is 927. The van der Waals surface area contributed by atoms with Crippen LogP contribution in [0.15, 0.2) is 41.3 Å². The number of benzene rings is 1. The van der Waals surface area contributed by atoms with Crippen LogP contribution in [0.5, 0.6) is 0 Å². The first-order valence-electron chi connectivity index (χ1n) is 5.90. The maximum absolute atomic E-state index is 13.3. The summed E-state index contributed by atoms with van der Waals surface area (Å²) in [4.78, 5) is 31.7. The number of fused-ring (bicyclic) bond motifs is 1. The molecular weight excluding hydrogens is 313 g/mol. The summed E-state index contributed by atoms with van der Waals surface area (Å²) in [6, 6.07) is 6.67. The van der Waals surface area contributed by atoms with Gasteiger partial charge in [0.2, 0.25) is 0 Å². The molecule has 0 amide bonds. The summed E-state index contributed by atoms with van der Waals surface area (Å²) in [7, 11) is 0. The minimum absolute atomic E-state index is 0. The number of aromatic nitrogens is 3. The highest BCUT2D eigenvalue weighted by Gasteiger charge is 2.15. The molecule has 0 unspecified atom stereocenters. The summed E-state index contributed by atoms with van der Waals surface area (Å²) in [5, 5.41) is 0.0979. The normalized spacial score (nSPS) is 10.3. The van der Waals surface area contributed by atoms with Crippen LogP contribution >= 0.6 is 11.6 Å². The molecule has 1 aromatic carbocycles. The molecule has 8 heteroatoms. The van der Waals surface area contributed by atoms with Crippen molar-refractivity contribution < 1.29 is 14.7 Å². The molecule has 0 saturated heterocycles. The minimum Gasteiger partial charge on any atom is -0.412 e. The molecule has 0 atom stereocenters. The van der Waals surface area contributed by atoms with Gasteiger partial charge in [0.05, 0.1) is 16.6 Å². The maximum Gasteiger partial charge on any atom is 0.266 e. The van der Waals surface area contributed by atoms with Crippen LogP contribution in [0.4, 0.5) is 4.39 Å². The molecule has 22 heavy (non-hydrogen) atoms. The number of halogens is 2. The Hall–Kier alpha value is -2.64. The lowest BCUT2D eigenvalue weighted by Gasteiger charge is -2.10. The average Bonchev–Trinajstić information content (AvgIpc) is 2.49. The average molecular weight is 322 g/mol. The van der Waals surface area contributed by atoms with Gasteiger partial charge >= 0.3 is 0 Å². The first kappa shape index (κ1) is 15.7. The van der Waals surface area contributed by atoms with E-state index >= 15 is 0 Å². The molecule has 0 bridgehead atoms.